The minimum Gasteiger partial charge on any atom is -0.497 e. The fourth-order valence-corrected chi connectivity index (χ4v) is 3.01. The summed E-state index contributed by atoms with van der Waals surface area (Å²) in [5.41, 5.74) is 1.53. The fraction of sp³-hybridized carbons (Fsp3) is 0.600. The Morgan fingerprint density at radius 3 is 2.70 bits per heavy atom. The lowest BCUT2D eigenvalue weighted by Gasteiger charge is -2.36. The molecule has 20 heavy (non-hydrogen) atoms. The second-order valence-electron chi connectivity index (χ2n) is 5.90. The average Bonchev–Trinajstić information content (AvgIpc) is 2.41. The van der Waals surface area contributed by atoms with Gasteiger partial charge in [0.1, 0.15) is 5.75 Å². The maximum Gasteiger partial charge on any atom is 0.492 e. The van der Waals surface area contributed by atoms with Crippen LogP contribution < -0.4 is 10.2 Å². The first kappa shape index (κ1) is 15.4. The highest BCUT2D eigenvalue weighted by Gasteiger charge is 2.24. The summed E-state index contributed by atoms with van der Waals surface area (Å²) in [6, 6.07) is 6.20. The first-order valence-electron chi connectivity index (χ1n) is 7.28. The van der Waals surface area contributed by atoms with Crippen molar-refractivity contribution in [2.45, 2.75) is 39.3 Å². The fourth-order valence-electron chi connectivity index (χ4n) is 3.01. The second-order valence-corrected chi connectivity index (χ2v) is 5.90. The van der Waals surface area contributed by atoms with Gasteiger partial charge in [-0.25, -0.2) is 0 Å². The molecule has 0 bridgehead atoms. The van der Waals surface area contributed by atoms with Crippen molar-refractivity contribution in [2.75, 3.05) is 13.7 Å². The molecule has 0 aromatic heterocycles. The van der Waals surface area contributed by atoms with Crippen LogP contribution in [0.15, 0.2) is 18.2 Å². The monoisotopic (exact) mass is 277 g/mol. The van der Waals surface area contributed by atoms with Crippen LogP contribution in [0.5, 0.6) is 5.75 Å². The number of benzene rings is 1. The van der Waals surface area contributed by atoms with E-state index in [9.17, 15) is 10.0 Å². The molecule has 0 amide bonds. The van der Waals surface area contributed by atoms with Crippen molar-refractivity contribution in [1.82, 2.24) is 4.90 Å². The van der Waals surface area contributed by atoms with Crippen molar-refractivity contribution < 1.29 is 14.8 Å². The summed E-state index contributed by atoms with van der Waals surface area (Å²) < 4.78 is 5.15. The van der Waals surface area contributed by atoms with Gasteiger partial charge in [0.05, 0.1) is 7.11 Å². The third-order valence-corrected chi connectivity index (χ3v) is 4.23. The highest BCUT2D eigenvalue weighted by Crippen LogP contribution is 2.24. The van der Waals surface area contributed by atoms with Gasteiger partial charge < -0.3 is 14.8 Å². The standard InChI is InChI=1S/C15H24BNO3/c1-11-6-7-17(12(2)8-11)10-13-4-5-15(20-3)14(9-13)16(18)19/h4-5,9,11-12,18-19H,6-8,10H2,1-3H3. The van der Waals surface area contributed by atoms with Crippen molar-refractivity contribution in [2.24, 2.45) is 5.92 Å². The van der Waals surface area contributed by atoms with E-state index >= 15 is 0 Å². The Morgan fingerprint density at radius 2 is 2.10 bits per heavy atom. The van der Waals surface area contributed by atoms with Gasteiger partial charge in [0.25, 0.3) is 0 Å². The highest BCUT2D eigenvalue weighted by molar-refractivity contribution is 6.59. The smallest absolute Gasteiger partial charge is 0.492 e. The number of likely N-dealkylation sites (tertiary alicyclic amines) is 1. The van der Waals surface area contributed by atoms with Crippen LogP contribution in [0.2, 0.25) is 0 Å². The first-order valence-corrected chi connectivity index (χ1v) is 7.28. The number of hydrogen-bond donors (Lipinski definition) is 2. The number of ether oxygens (including phenoxy) is 1. The maximum absolute atomic E-state index is 9.41. The third-order valence-electron chi connectivity index (χ3n) is 4.23. The van der Waals surface area contributed by atoms with Crippen LogP contribution in [-0.4, -0.2) is 41.8 Å². The van der Waals surface area contributed by atoms with E-state index in [2.05, 4.69) is 18.7 Å². The lowest BCUT2D eigenvalue weighted by Crippen LogP contribution is -2.40. The minimum absolute atomic E-state index is 0.433. The van der Waals surface area contributed by atoms with Crippen molar-refractivity contribution in [1.29, 1.82) is 0 Å². The van der Waals surface area contributed by atoms with E-state index in [0.717, 1.165) is 24.6 Å². The zero-order valence-electron chi connectivity index (χ0n) is 12.5. The lowest BCUT2D eigenvalue weighted by atomic mass is 9.78. The minimum atomic E-state index is -1.50. The number of hydrogen-bond acceptors (Lipinski definition) is 4. The molecule has 1 saturated heterocycles. The largest absolute Gasteiger partial charge is 0.497 e. The van der Waals surface area contributed by atoms with Gasteiger partial charge in [0.15, 0.2) is 0 Å². The van der Waals surface area contributed by atoms with Crippen molar-refractivity contribution >= 4 is 12.6 Å². The summed E-state index contributed by atoms with van der Waals surface area (Å²) in [5.74, 6) is 1.32. The van der Waals surface area contributed by atoms with Crippen LogP contribution in [-0.2, 0) is 6.54 Å². The number of methoxy groups -OCH3 is 1. The molecule has 2 atom stereocenters. The Kier molecular flexibility index (Phi) is 5.08. The molecule has 1 aliphatic rings. The SMILES string of the molecule is COc1ccc(CN2CCC(C)CC2C)cc1B(O)O. The topological polar surface area (TPSA) is 52.9 Å². The molecule has 2 rings (SSSR count). The molecule has 1 aromatic rings. The molecule has 110 valence electrons. The summed E-state index contributed by atoms with van der Waals surface area (Å²) in [5, 5.41) is 18.8. The first-order chi connectivity index (χ1) is 9.51. The predicted octanol–water partition coefficient (Wildman–Crippen LogP) is 0.995. The third kappa shape index (κ3) is 3.54. The van der Waals surface area contributed by atoms with Crippen LogP contribution in [0.4, 0.5) is 0 Å². The van der Waals surface area contributed by atoms with Gasteiger partial charge in [-0.3, -0.25) is 4.90 Å². The molecule has 1 aromatic carbocycles. The normalized spacial score (nSPS) is 23.6. The molecule has 2 unspecified atom stereocenters. The van der Waals surface area contributed by atoms with E-state index < -0.39 is 7.12 Å². The molecule has 5 heteroatoms. The van der Waals surface area contributed by atoms with Gasteiger partial charge >= 0.3 is 7.12 Å². The summed E-state index contributed by atoms with van der Waals surface area (Å²) >= 11 is 0. The summed E-state index contributed by atoms with van der Waals surface area (Å²) in [6.45, 7) is 6.52. The van der Waals surface area contributed by atoms with Gasteiger partial charge in [-0.05, 0) is 43.9 Å². The van der Waals surface area contributed by atoms with Gasteiger partial charge in [-0.1, -0.05) is 19.1 Å². The molecule has 0 radical (unpaired) electrons. The van der Waals surface area contributed by atoms with Crippen LogP contribution in [0, 0.1) is 5.92 Å². The number of rotatable bonds is 4. The van der Waals surface area contributed by atoms with Crippen LogP contribution in [0.25, 0.3) is 0 Å². The van der Waals surface area contributed by atoms with E-state index in [0.29, 0.717) is 17.3 Å². The average molecular weight is 277 g/mol. The van der Waals surface area contributed by atoms with E-state index in [1.807, 2.05) is 12.1 Å². The van der Waals surface area contributed by atoms with Gasteiger partial charge in [0, 0.05) is 18.0 Å². The zero-order valence-corrected chi connectivity index (χ0v) is 12.5. The number of nitrogens with zero attached hydrogens (tertiary/aromatic N) is 1. The molecule has 0 aliphatic carbocycles. The van der Waals surface area contributed by atoms with Crippen molar-refractivity contribution in [3.63, 3.8) is 0 Å². The van der Waals surface area contributed by atoms with Gasteiger partial charge in [0.2, 0.25) is 0 Å². The van der Waals surface area contributed by atoms with Gasteiger partial charge in [-0.2, -0.15) is 0 Å². The Morgan fingerprint density at radius 1 is 1.35 bits per heavy atom. The van der Waals surface area contributed by atoms with Crippen molar-refractivity contribution in [3.8, 4) is 5.75 Å². The molecular weight excluding hydrogens is 253 g/mol. The molecular formula is C15H24BNO3. The Hall–Kier alpha value is -1.04. The molecule has 1 aliphatic heterocycles. The van der Waals surface area contributed by atoms with Crippen LogP contribution in [0.1, 0.15) is 32.3 Å². The van der Waals surface area contributed by atoms with E-state index in [1.165, 1.54) is 20.0 Å². The lowest BCUT2D eigenvalue weighted by molar-refractivity contribution is 0.122. The molecule has 1 fully saturated rings. The number of piperidine rings is 1. The molecule has 0 spiro atoms. The molecule has 4 nitrogen and oxygen atoms in total. The van der Waals surface area contributed by atoms with Crippen LogP contribution in [0.3, 0.4) is 0 Å². The molecule has 2 N–H and O–H groups in total. The Bertz CT molecular complexity index is 453. The molecule has 1 heterocycles. The highest BCUT2D eigenvalue weighted by atomic mass is 16.5. The Labute approximate surface area is 121 Å². The van der Waals surface area contributed by atoms with Crippen LogP contribution >= 0.6 is 0 Å². The quantitative estimate of drug-likeness (QED) is 0.806. The van der Waals surface area contributed by atoms with E-state index in [-0.39, 0.29) is 0 Å². The summed E-state index contributed by atoms with van der Waals surface area (Å²) in [4.78, 5) is 2.45. The predicted molar refractivity (Wildman–Crippen MR) is 81.1 cm³/mol. The van der Waals surface area contributed by atoms with E-state index in [1.54, 1.807) is 6.07 Å². The molecule has 0 saturated carbocycles. The summed E-state index contributed by atoms with van der Waals surface area (Å²) in [7, 11) is 0.0401. The zero-order chi connectivity index (χ0) is 14.7. The second kappa shape index (κ2) is 6.61. The van der Waals surface area contributed by atoms with Crippen molar-refractivity contribution in [3.05, 3.63) is 23.8 Å². The summed E-state index contributed by atoms with van der Waals surface area (Å²) in [6.07, 6.45) is 2.46. The Balaban J connectivity index is 2.11. The van der Waals surface area contributed by atoms with E-state index in [4.69, 9.17) is 4.74 Å². The maximum atomic E-state index is 9.41. The van der Waals surface area contributed by atoms with Gasteiger partial charge in [-0.15, -0.1) is 0 Å².